The Balaban J connectivity index is 0.000000982. The van der Waals surface area contributed by atoms with Crippen molar-refractivity contribution in [2.24, 2.45) is 0 Å². The Hall–Kier alpha value is -0.380. The second-order valence-electron chi connectivity index (χ2n) is 5.23. The van der Waals surface area contributed by atoms with Crippen molar-refractivity contribution in [3.8, 4) is 0 Å². The molecule has 0 N–H and O–H groups in total. The molecule has 1 rings (SSSR count). The van der Waals surface area contributed by atoms with Crippen molar-refractivity contribution < 1.29 is 0 Å². The summed E-state index contributed by atoms with van der Waals surface area (Å²) in [5, 5.41) is 0. The van der Waals surface area contributed by atoms with Gasteiger partial charge < -0.3 is 0 Å². The summed E-state index contributed by atoms with van der Waals surface area (Å²) in [4.78, 5) is 0. The number of hydrogen-bond donors (Lipinski definition) is 0. The van der Waals surface area contributed by atoms with Crippen LogP contribution in [0.2, 0.25) is 0 Å². The van der Waals surface area contributed by atoms with Crippen LogP contribution >= 0.6 is 22.0 Å². The highest BCUT2D eigenvalue weighted by molar-refractivity contribution is 8.30. The fourth-order valence-electron chi connectivity index (χ4n) is 1.38. The number of rotatable bonds is 5. The summed E-state index contributed by atoms with van der Waals surface area (Å²) in [5.74, 6) is 0. The lowest BCUT2D eigenvalue weighted by atomic mass is 10.1. The summed E-state index contributed by atoms with van der Waals surface area (Å²) in [6.45, 7) is 4.89. The first-order valence-electron chi connectivity index (χ1n) is 6.36. The monoisotopic (exact) mass is 299 g/mol. The van der Waals surface area contributed by atoms with Crippen LogP contribution in [-0.2, 0) is 6.42 Å². The zero-order chi connectivity index (χ0) is 14.9. The van der Waals surface area contributed by atoms with Gasteiger partial charge in [-0.1, -0.05) is 36.9 Å². The third-order valence-electron chi connectivity index (χ3n) is 2.87. The van der Waals surface area contributed by atoms with Gasteiger partial charge in [0.05, 0.1) is 0 Å². The molecular formula is C16H29NS2. The molecule has 0 aliphatic rings. The fourth-order valence-corrected chi connectivity index (χ4v) is 2.02. The minimum absolute atomic E-state index is 0.569. The van der Waals surface area contributed by atoms with Gasteiger partial charge in [0.2, 0.25) is 0 Å². The molecule has 19 heavy (non-hydrogen) atoms. The number of likely N-dealkylation sites (N-methyl/N-ethyl adjacent to an activating group) is 1. The van der Waals surface area contributed by atoms with E-state index in [1.807, 2.05) is 18.6 Å². The van der Waals surface area contributed by atoms with E-state index in [0.29, 0.717) is 0 Å². The maximum absolute atomic E-state index is 3.76. The number of benzene rings is 1. The third kappa shape index (κ3) is 8.40. The Morgan fingerprint density at radius 2 is 1.63 bits per heavy atom. The molecular weight excluding hydrogens is 270 g/mol. The molecule has 3 heteroatoms. The molecule has 0 unspecified atom stereocenters. The Labute approximate surface area is 125 Å². The van der Waals surface area contributed by atoms with Crippen molar-refractivity contribution in [2.75, 3.05) is 44.9 Å². The third-order valence-corrected chi connectivity index (χ3v) is 4.92. The van der Waals surface area contributed by atoms with Crippen molar-refractivity contribution >= 4 is 28.1 Å². The average Bonchev–Trinajstić information content (AvgIpc) is 2.36. The van der Waals surface area contributed by atoms with Crippen LogP contribution in [0.25, 0.3) is 6.08 Å². The van der Waals surface area contributed by atoms with Gasteiger partial charge in [-0.2, -0.15) is 22.0 Å². The van der Waals surface area contributed by atoms with Gasteiger partial charge in [-0.05, 0) is 55.9 Å². The van der Waals surface area contributed by atoms with Crippen molar-refractivity contribution in [1.29, 1.82) is 0 Å². The molecule has 1 nitrogen and oxygen atoms in total. The average molecular weight is 300 g/mol. The molecule has 0 spiro atoms. The van der Waals surface area contributed by atoms with Crippen LogP contribution in [0.15, 0.2) is 30.8 Å². The number of hydrogen-bond acceptors (Lipinski definition) is 2. The zero-order valence-corrected chi connectivity index (χ0v) is 14.9. The van der Waals surface area contributed by atoms with Crippen LogP contribution in [0.5, 0.6) is 0 Å². The first kappa shape index (κ1) is 18.6. The molecule has 0 aromatic heterocycles. The molecule has 0 aliphatic heterocycles. The van der Waals surface area contributed by atoms with E-state index >= 15 is 0 Å². The lowest BCUT2D eigenvalue weighted by molar-refractivity contribution is 0.558. The van der Waals surface area contributed by atoms with Crippen LogP contribution in [0.4, 0.5) is 0 Å². The molecule has 0 radical (unpaired) electrons. The first-order chi connectivity index (χ1) is 8.85. The van der Waals surface area contributed by atoms with E-state index in [0.717, 1.165) is 13.0 Å². The second kappa shape index (κ2) is 9.51. The van der Waals surface area contributed by atoms with Crippen molar-refractivity contribution in [1.82, 2.24) is 4.31 Å². The summed E-state index contributed by atoms with van der Waals surface area (Å²) in [6.07, 6.45) is 14.1. The van der Waals surface area contributed by atoms with Crippen molar-refractivity contribution in [2.45, 2.75) is 6.42 Å². The summed E-state index contributed by atoms with van der Waals surface area (Å²) in [7, 11) is 1.65. The van der Waals surface area contributed by atoms with Crippen molar-refractivity contribution in [3.63, 3.8) is 0 Å². The number of nitrogens with zero attached hydrogens (tertiary/aromatic N) is 1. The highest BCUT2D eigenvalue weighted by Gasteiger charge is 2.10. The summed E-state index contributed by atoms with van der Waals surface area (Å²) in [6, 6.07) is 8.66. The first-order valence-corrected chi connectivity index (χ1v) is 10.8. The molecule has 0 atom stereocenters. The maximum atomic E-state index is 3.76. The molecule has 0 aliphatic carbocycles. The fraction of sp³-hybridized carbons (Fsp3) is 0.500. The van der Waals surface area contributed by atoms with E-state index in [9.17, 15) is 0 Å². The maximum Gasteiger partial charge on any atom is 0.0111 e. The van der Waals surface area contributed by atoms with Gasteiger partial charge in [0.1, 0.15) is 0 Å². The van der Waals surface area contributed by atoms with Crippen LogP contribution < -0.4 is 0 Å². The molecule has 0 bridgehead atoms. The van der Waals surface area contributed by atoms with E-state index in [2.05, 4.69) is 61.0 Å². The minimum Gasteiger partial charge on any atom is -0.271 e. The highest BCUT2D eigenvalue weighted by Crippen LogP contribution is 2.37. The Kier molecular flexibility index (Phi) is 9.32. The molecule has 0 fully saturated rings. The Bertz CT molecular complexity index is 352. The predicted octanol–water partition coefficient (Wildman–Crippen LogP) is 4.39. The van der Waals surface area contributed by atoms with Gasteiger partial charge in [-0.15, -0.1) is 0 Å². The molecule has 110 valence electrons. The minimum atomic E-state index is -0.569. The smallest absolute Gasteiger partial charge is 0.0111 e. The number of thioether (sulfide) groups is 1. The lowest BCUT2D eigenvalue weighted by Crippen LogP contribution is -2.23. The van der Waals surface area contributed by atoms with Gasteiger partial charge in [0.15, 0.2) is 0 Å². The molecule has 0 heterocycles. The molecule has 0 saturated carbocycles. The van der Waals surface area contributed by atoms with Gasteiger partial charge in [0, 0.05) is 6.54 Å². The lowest BCUT2D eigenvalue weighted by Gasteiger charge is -2.37. The van der Waals surface area contributed by atoms with Crippen LogP contribution in [0.3, 0.4) is 0 Å². The van der Waals surface area contributed by atoms with Crippen LogP contribution in [-0.4, -0.2) is 49.2 Å². The van der Waals surface area contributed by atoms with Crippen LogP contribution in [0, 0.1) is 0 Å². The molecule has 0 amide bonds. The van der Waals surface area contributed by atoms with Crippen molar-refractivity contribution in [3.05, 3.63) is 42.0 Å². The van der Waals surface area contributed by atoms with E-state index in [1.165, 1.54) is 11.1 Å². The quantitative estimate of drug-likeness (QED) is 0.793. The topological polar surface area (TPSA) is 3.24 Å². The van der Waals surface area contributed by atoms with Crippen LogP contribution in [0.1, 0.15) is 11.1 Å². The van der Waals surface area contributed by atoms with Gasteiger partial charge in [0.25, 0.3) is 0 Å². The van der Waals surface area contributed by atoms with Gasteiger partial charge in [-0.3, -0.25) is 4.31 Å². The van der Waals surface area contributed by atoms with E-state index in [-0.39, 0.29) is 0 Å². The van der Waals surface area contributed by atoms with E-state index in [1.54, 1.807) is 11.8 Å². The summed E-state index contributed by atoms with van der Waals surface area (Å²) < 4.78 is 2.47. The Morgan fingerprint density at radius 1 is 1.16 bits per heavy atom. The summed E-state index contributed by atoms with van der Waals surface area (Å²) >= 11 is 1.75. The summed E-state index contributed by atoms with van der Waals surface area (Å²) in [5.41, 5.74) is 2.60. The standard InChI is InChI=1S/C14H23NS.C2H6S/c1-6-13-7-9-14(10-8-13)11-12-15(2)16(3,4)5;1-3-2/h6-10H,1,11-12H2,2-5H3;1-2H3. The molecule has 1 aromatic rings. The largest absolute Gasteiger partial charge is 0.271 e. The second-order valence-corrected chi connectivity index (χ2v) is 10.2. The highest BCUT2D eigenvalue weighted by atomic mass is 32.3. The van der Waals surface area contributed by atoms with Gasteiger partial charge in [-0.25, -0.2) is 0 Å². The normalized spacial score (nSPS) is 11.7. The Morgan fingerprint density at radius 3 is 2.00 bits per heavy atom. The predicted molar refractivity (Wildman–Crippen MR) is 97.7 cm³/mol. The van der Waals surface area contributed by atoms with E-state index in [4.69, 9.17) is 0 Å². The molecule has 0 saturated heterocycles. The van der Waals surface area contributed by atoms with Gasteiger partial charge >= 0.3 is 0 Å². The molecule has 1 aromatic carbocycles. The zero-order valence-electron chi connectivity index (χ0n) is 13.3. The SMILES string of the molecule is C=Cc1ccc(CCN(C)S(C)(C)C)cc1.CSC. The van der Waals surface area contributed by atoms with E-state index < -0.39 is 10.2 Å².